The SMILES string of the molecule is Cn1c2ccccc2c2c3c(O)[nH]cc3ccc21. The van der Waals surface area contributed by atoms with Crippen LogP contribution in [0.2, 0.25) is 0 Å². The van der Waals surface area contributed by atoms with E-state index in [0.29, 0.717) is 0 Å². The van der Waals surface area contributed by atoms with E-state index < -0.39 is 0 Å². The fourth-order valence-corrected chi connectivity index (χ4v) is 2.86. The fourth-order valence-electron chi connectivity index (χ4n) is 2.86. The van der Waals surface area contributed by atoms with E-state index in [2.05, 4.69) is 34.8 Å². The van der Waals surface area contributed by atoms with Crippen LogP contribution < -0.4 is 0 Å². The minimum atomic E-state index is 0.243. The number of aromatic nitrogens is 2. The van der Waals surface area contributed by atoms with Crippen LogP contribution in [0.5, 0.6) is 5.88 Å². The molecule has 0 saturated heterocycles. The van der Waals surface area contributed by atoms with Gasteiger partial charge in [0.05, 0.1) is 5.39 Å². The first-order valence-electron chi connectivity index (χ1n) is 5.93. The molecule has 3 heteroatoms. The summed E-state index contributed by atoms with van der Waals surface area (Å²) in [5, 5.41) is 14.2. The number of rotatable bonds is 0. The Labute approximate surface area is 103 Å². The van der Waals surface area contributed by atoms with Crippen molar-refractivity contribution >= 4 is 32.6 Å². The number of aromatic hydroxyl groups is 1. The van der Waals surface area contributed by atoms with Gasteiger partial charge < -0.3 is 14.7 Å². The van der Waals surface area contributed by atoms with Crippen molar-refractivity contribution < 1.29 is 5.11 Å². The normalized spacial score (nSPS) is 11.8. The van der Waals surface area contributed by atoms with Crippen LogP contribution in [0.15, 0.2) is 42.6 Å². The second kappa shape index (κ2) is 3.07. The number of aromatic amines is 1. The highest BCUT2D eigenvalue weighted by Gasteiger charge is 2.13. The van der Waals surface area contributed by atoms with Gasteiger partial charge in [0.2, 0.25) is 0 Å². The Bertz CT molecular complexity index is 899. The molecule has 0 atom stereocenters. The zero-order valence-electron chi connectivity index (χ0n) is 9.94. The lowest BCUT2D eigenvalue weighted by molar-refractivity contribution is 0.463. The summed E-state index contributed by atoms with van der Waals surface area (Å²) in [4.78, 5) is 2.89. The lowest BCUT2D eigenvalue weighted by Gasteiger charge is -1.98. The predicted octanol–water partition coefficient (Wildman–Crippen LogP) is 3.52. The number of H-pyrrole nitrogens is 1. The third-order valence-corrected chi connectivity index (χ3v) is 3.71. The molecule has 0 aliphatic rings. The molecule has 0 fully saturated rings. The van der Waals surface area contributed by atoms with E-state index in [-0.39, 0.29) is 5.88 Å². The fraction of sp³-hybridized carbons (Fsp3) is 0.0667. The third kappa shape index (κ3) is 0.991. The van der Waals surface area contributed by atoms with E-state index in [1.807, 2.05) is 24.4 Å². The molecule has 2 heterocycles. The topological polar surface area (TPSA) is 41.0 Å². The first kappa shape index (κ1) is 9.59. The molecule has 0 aliphatic heterocycles. The summed E-state index contributed by atoms with van der Waals surface area (Å²) in [7, 11) is 2.06. The van der Waals surface area contributed by atoms with Crippen LogP contribution in [0, 0.1) is 0 Å². The van der Waals surface area contributed by atoms with Crippen molar-refractivity contribution in [2.24, 2.45) is 7.05 Å². The molecule has 0 amide bonds. The highest BCUT2D eigenvalue weighted by atomic mass is 16.3. The quantitative estimate of drug-likeness (QED) is 0.482. The summed E-state index contributed by atoms with van der Waals surface area (Å²) in [5.41, 5.74) is 2.32. The maximum atomic E-state index is 10.0. The largest absolute Gasteiger partial charge is 0.494 e. The molecule has 0 saturated carbocycles. The van der Waals surface area contributed by atoms with Crippen molar-refractivity contribution in [2.45, 2.75) is 0 Å². The van der Waals surface area contributed by atoms with Crippen LogP contribution >= 0.6 is 0 Å². The number of benzene rings is 2. The molecule has 0 radical (unpaired) electrons. The minimum Gasteiger partial charge on any atom is -0.494 e. The smallest absolute Gasteiger partial charge is 0.197 e. The van der Waals surface area contributed by atoms with Gasteiger partial charge in [-0.1, -0.05) is 24.3 Å². The lowest BCUT2D eigenvalue weighted by atomic mass is 10.1. The van der Waals surface area contributed by atoms with Crippen molar-refractivity contribution in [2.75, 3.05) is 0 Å². The third-order valence-electron chi connectivity index (χ3n) is 3.71. The van der Waals surface area contributed by atoms with E-state index >= 15 is 0 Å². The van der Waals surface area contributed by atoms with Crippen LogP contribution in [0.25, 0.3) is 32.6 Å². The Morgan fingerprint density at radius 3 is 2.72 bits per heavy atom. The van der Waals surface area contributed by atoms with Gasteiger partial charge in [-0.3, -0.25) is 0 Å². The van der Waals surface area contributed by atoms with Crippen LogP contribution in [0.1, 0.15) is 0 Å². The van der Waals surface area contributed by atoms with Crippen LogP contribution in [-0.2, 0) is 7.05 Å². The van der Waals surface area contributed by atoms with E-state index in [1.54, 1.807) is 0 Å². The van der Waals surface area contributed by atoms with Gasteiger partial charge in [-0.2, -0.15) is 0 Å². The molecule has 2 N–H and O–H groups in total. The molecule has 0 spiro atoms. The first-order valence-corrected chi connectivity index (χ1v) is 5.93. The molecule has 4 rings (SSSR count). The average molecular weight is 236 g/mol. The van der Waals surface area contributed by atoms with Gasteiger partial charge in [-0.05, 0) is 12.1 Å². The summed E-state index contributed by atoms with van der Waals surface area (Å²) in [6.45, 7) is 0. The molecule has 18 heavy (non-hydrogen) atoms. The van der Waals surface area contributed by atoms with Gasteiger partial charge in [0.1, 0.15) is 0 Å². The molecule has 2 aromatic heterocycles. The Morgan fingerprint density at radius 2 is 1.83 bits per heavy atom. The number of nitrogens with one attached hydrogen (secondary N) is 1. The standard InChI is InChI=1S/C15H12N2O/c1-17-11-5-3-2-4-10(11)14-12(17)7-6-9-8-16-15(18)13(9)14/h2-8,16,18H,1H3. The highest BCUT2D eigenvalue weighted by Crippen LogP contribution is 2.37. The maximum absolute atomic E-state index is 10.0. The Balaban J connectivity index is 2.45. The van der Waals surface area contributed by atoms with E-state index in [9.17, 15) is 5.11 Å². The molecule has 3 nitrogen and oxygen atoms in total. The van der Waals surface area contributed by atoms with Crippen molar-refractivity contribution in [3.63, 3.8) is 0 Å². The van der Waals surface area contributed by atoms with Gasteiger partial charge in [-0.25, -0.2) is 0 Å². The highest BCUT2D eigenvalue weighted by molar-refractivity contribution is 6.22. The second-order valence-corrected chi connectivity index (χ2v) is 4.64. The molecule has 4 aromatic rings. The Kier molecular flexibility index (Phi) is 1.64. The molecule has 88 valence electrons. The summed E-state index contributed by atoms with van der Waals surface area (Å²) >= 11 is 0. The van der Waals surface area contributed by atoms with Gasteiger partial charge in [-0.15, -0.1) is 0 Å². The minimum absolute atomic E-state index is 0.243. The van der Waals surface area contributed by atoms with Gasteiger partial charge in [0, 0.05) is 40.4 Å². The monoisotopic (exact) mass is 236 g/mol. The van der Waals surface area contributed by atoms with E-state index in [0.717, 1.165) is 21.7 Å². The van der Waals surface area contributed by atoms with Gasteiger partial charge in [0.25, 0.3) is 0 Å². The van der Waals surface area contributed by atoms with E-state index in [4.69, 9.17) is 0 Å². The predicted molar refractivity (Wildman–Crippen MR) is 73.9 cm³/mol. The summed E-state index contributed by atoms with van der Waals surface area (Å²) in [5.74, 6) is 0.243. The number of hydrogen-bond acceptors (Lipinski definition) is 1. The number of fused-ring (bicyclic) bond motifs is 5. The average Bonchev–Trinajstić information content (AvgIpc) is 2.91. The van der Waals surface area contributed by atoms with Crippen LogP contribution in [0.3, 0.4) is 0 Å². The van der Waals surface area contributed by atoms with Crippen LogP contribution in [0.4, 0.5) is 0 Å². The lowest BCUT2D eigenvalue weighted by Crippen LogP contribution is -1.85. The first-order chi connectivity index (χ1) is 8.77. The van der Waals surface area contributed by atoms with Gasteiger partial charge >= 0.3 is 0 Å². The van der Waals surface area contributed by atoms with Crippen molar-refractivity contribution in [1.82, 2.24) is 9.55 Å². The zero-order chi connectivity index (χ0) is 12.3. The number of nitrogens with zero attached hydrogens (tertiary/aromatic N) is 1. The van der Waals surface area contributed by atoms with Crippen molar-refractivity contribution in [1.29, 1.82) is 0 Å². The molecule has 2 aromatic carbocycles. The number of hydrogen-bond donors (Lipinski definition) is 2. The molecule has 0 unspecified atom stereocenters. The second-order valence-electron chi connectivity index (χ2n) is 4.64. The molecular weight excluding hydrogens is 224 g/mol. The number of aryl methyl sites for hydroxylation is 1. The van der Waals surface area contributed by atoms with Gasteiger partial charge in [0.15, 0.2) is 5.88 Å². The number of para-hydroxylation sites is 1. The van der Waals surface area contributed by atoms with Crippen LogP contribution in [-0.4, -0.2) is 14.7 Å². The summed E-state index contributed by atoms with van der Waals surface area (Å²) < 4.78 is 2.16. The summed E-state index contributed by atoms with van der Waals surface area (Å²) in [6, 6.07) is 12.4. The van der Waals surface area contributed by atoms with Crippen molar-refractivity contribution in [3.8, 4) is 5.88 Å². The molecule has 0 aliphatic carbocycles. The van der Waals surface area contributed by atoms with E-state index in [1.165, 1.54) is 10.9 Å². The Hall–Kier alpha value is -2.42. The maximum Gasteiger partial charge on any atom is 0.197 e. The van der Waals surface area contributed by atoms with Crippen molar-refractivity contribution in [3.05, 3.63) is 42.6 Å². The molecular formula is C15H12N2O. The molecule has 0 bridgehead atoms. The summed E-state index contributed by atoms with van der Waals surface area (Å²) in [6.07, 6.45) is 1.84. The zero-order valence-corrected chi connectivity index (χ0v) is 9.94. The Morgan fingerprint density at radius 1 is 1.00 bits per heavy atom.